The van der Waals surface area contributed by atoms with E-state index in [4.69, 9.17) is 4.42 Å². The highest BCUT2D eigenvalue weighted by atomic mass is 16.3. The van der Waals surface area contributed by atoms with Gasteiger partial charge in [0.15, 0.2) is 0 Å². The summed E-state index contributed by atoms with van der Waals surface area (Å²) in [6.07, 6.45) is 3.86. The Bertz CT molecular complexity index is 730. The van der Waals surface area contributed by atoms with Gasteiger partial charge in [0.1, 0.15) is 11.5 Å². The van der Waals surface area contributed by atoms with Crippen LogP contribution in [0.25, 0.3) is 0 Å². The maximum Gasteiger partial charge on any atom is 0.295 e. The van der Waals surface area contributed by atoms with Crippen LogP contribution in [0.4, 0.5) is 0 Å². The van der Waals surface area contributed by atoms with Crippen molar-refractivity contribution in [3.63, 3.8) is 0 Å². The van der Waals surface area contributed by atoms with Gasteiger partial charge in [-0.3, -0.25) is 9.59 Å². The zero-order valence-electron chi connectivity index (χ0n) is 14.2. The molecule has 0 spiro atoms. The van der Waals surface area contributed by atoms with Crippen molar-refractivity contribution in [3.8, 4) is 0 Å². The first-order chi connectivity index (χ1) is 11.6. The molecule has 24 heavy (non-hydrogen) atoms. The lowest BCUT2D eigenvalue weighted by atomic mass is 10.0. The highest BCUT2D eigenvalue weighted by Gasteiger charge is 2.32. The Hall–Kier alpha value is -2.36. The number of Topliss-reactive ketones (excluding diaryl/α,β-unsaturated/α-hetero) is 1. The number of hydrogen-bond acceptors (Lipinski definition) is 3. The molecule has 1 aliphatic heterocycles. The third-order valence-corrected chi connectivity index (χ3v) is 4.61. The highest BCUT2D eigenvalue weighted by Crippen LogP contribution is 2.31. The number of carbonyl (C=O) groups is 2. The lowest BCUT2D eigenvalue weighted by Gasteiger charge is -2.28. The average Bonchev–Trinajstić information content (AvgIpc) is 2.86. The second kappa shape index (κ2) is 7.04. The molecule has 0 aliphatic carbocycles. The fraction of sp³-hybridized carbons (Fsp3) is 0.400. The number of nitrogens with zero attached hydrogens (tertiary/aromatic N) is 1. The van der Waals surface area contributed by atoms with E-state index in [0.29, 0.717) is 12.1 Å². The second-order valence-electron chi connectivity index (χ2n) is 6.51. The molecule has 2 heterocycles. The van der Waals surface area contributed by atoms with Gasteiger partial charge < -0.3 is 9.32 Å². The molecule has 2 aromatic rings. The van der Waals surface area contributed by atoms with Gasteiger partial charge in [0.05, 0.1) is 6.04 Å². The van der Waals surface area contributed by atoms with Crippen LogP contribution in [0.15, 0.2) is 40.8 Å². The van der Waals surface area contributed by atoms with Crippen molar-refractivity contribution in [2.75, 3.05) is 6.54 Å². The number of carbonyl (C=O) groups excluding carboxylic acids is 2. The van der Waals surface area contributed by atoms with E-state index >= 15 is 0 Å². The van der Waals surface area contributed by atoms with Crippen LogP contribution in [-0.2, 0) is 4.79 Å². The van der Waals surface area contributed by atoms with E-state index in [9.17, 15) is 9.59 Å². The van der Waals surface area contributed by atoms with Gasteiger partial charge in [-0.25, -0.2) is 0 Å². The summed E-state index contributed by atoms with van der Waals surface area (Å²) in [5, 5.41) is 0. The van der Waals surface area contributed by atoms with E-state index in [1.54, 1.807) is 17.0 Å². The van der Waals surface area contributed by atoms with Gasteiger partial charge in [0.25, 0.3) is 5.91 Å². The monoisotopic (exact) mass is 325 g/mol. The Morgan fingerprint density at radius 1 is 1.00 bits per heavy atom. The maximum absolute atomic E-state index is 12.9. The summed E-state index contributed by atoms with van der Waals surface area (Å²) in [6.45, 7) is 4.45. The molecule has 1 aliphatic rings. The highest BCUT2D eigenvalue weighted by molar-refractivity contribution is 6.42. The fourth-order valence-corrected chi connectivity index (χ4v) is 3.24. The van der Waals surface area contributed by atoms with Crippen LogP contribution in [0.2, 0.25) is 0 Å². The lowest BCUT2D eigenvalue weighted by molar-refractivity contribution is -0.129. The van der Waals surface area contributed by atoms with Crippen LogP contribution in [-0.4, -0.2) is 23.1 Å². The van der Waals surface area contributed by atoms with E-state index in [1.165, 1.54) is 0 Å². The van der Waals surface area contributed by atoms with Crippen LogP contribution in [0.1, 0.15) is 59.2 Å². The Kier molecular flexibility index (Phi) is 4.84. The predicted molar refractivity (Wildman–Crippen MR) is 91.9 cm³/mol. The summed E-state index contributed by atoms with van der Waals surface area (Å²) < 4.78 is 5.75. The first kappa shape index (κ1) is 16.5. The van der Waals surface area contributed by atoms with Crippen LogP contribution >= 0.6 is 0 Å². The molecule has 1 unspecified atom stereocenters. The Labute approximate surface area is 142 Å². The number of amides is 1. The van der Waals surface area contributed by atoms with Gasteiger partial charge in [0.2, 0.25) is 5.78 Å². The molecule has 126 valence electrons. The van der Waals surface area contributed by atoms with Crippen molar-refractivity contribution < 1.29 is 14.0 Å². The van der Waals surface area contributed by atoms with Gasteiger partial charge in [0, 0.05) is 12.1 Å². The molecule has 0 bridgehead atoms. The molecular formula is C20H23NO3. The number of rotatable bonds is 3. The molecule has 1 amide bonds. The minimum atomic E-state index is -0.440. The standard InChI is InChI=1S/C20H23NO3/c1-14-7-10-16(11-8-14)19(22)20(23)21-13-5-3-4-6-17(21)18-12-9-15(2)24-18/h7-12,17H,3-6,13H2,1-2H3. The third-order valence-electron chi connectivity index (χ3n) is 4.61. The first-order valence-electron chi connectivity index (χ1n) is 8.54. The number of benzene rings is 1. The molecule has 0 N–H and O–H groups in total. The molecule has 1 saturated heterocycles. The van der Waals surface area contributed by atoms with E-state index in [2.05, 4.69) is 0 Å². The van der Waals surface area contributed by atoms with Gasteiger partial charge in [-0.1, -0.05) is 42.7 Å². The molecule has 4 nitrogen and oxygen atoms in total. The maximum atomic E-state index is 12.9. The Morgan fingerprint density at radius 2 is 1.75 bits per heavy atom. The second-order valence-corrected chi connectivity index (χ2v) is 6.51. The molecule has 0 saturated carbocycles. The topological polar surface area (TPSA) is 50.5 Å². The smallest absolute Gasteiger partial charge is 0.295 e. The van der Waals surface area contributed by atoms with Crippen molar-refractivity contribution in [2.24, 2.45) is 0 Å². The normalized spacial score (nSPS) is 18.2. The van der Waals surface area contributed by atoms with Crippen molar-refractivity contribution in [1.82, 2.24) is 4.90 Å². The molecule has 1 atom stereocenters. The molecular weight excluding hydrogens is 302 g/mol. The lowest BCUT2D eigenvalue weighted by Crippen LogP contribution is -2.39. The quantitative estimate of drug-likeness (QED) is 0.627. The minimum absolute atomic E-state index is 0.150. The van der Waals surface area contributed by atoms with Crippen LogP contribution in [0, 0.1) is 13.8 Å². The van der Waals surface area contributed by atoms with E-state index in [0.717, 1.165) is 42.8 Å². The van der Waals surface area contributed by atoms with Crippen molar-refractivity contribution in [1.29, 1.82) is 0 Å². The predicted octanol–water partition coefficient (Wildman–Crippen LogP) is 4.22. The van der Waals surface area contributed by atoms with Gasteiger partial charge in [-0.05, 0) is 38.8 Å². The summed E-state index contributed by atoms with van der Waals surface area (Å²) in [7, 11) is 0. The fourth-order valence-electron chi connectivity index (χ4n) is 3.24. The zero-order chi connectivity index (χ0) is 17.1. The number of hydrogen-bond donors (Lipinski definition) is 0. The number of furan rings is 1. The van der Waals surface area contributed by atoms with E-state index in [1.807, 2.05) is 38.1 Å². The van der Waals surface area contributed by atoms with Crippen LogP contribution < -0.4 is 0 Å². The van der Waals surface area contributed by atoms with Crippen molar-refractivity contribution >= 4 is 11.7 Å². The largest absolute Gasteiger partial charge is 0.464 e. The minimum Gasteiger partial charge on any atom is -0.464 e. The van der Waals surface area contributed by atoms with Gasteiger partial charge in [-0.2, -0.15) is 0 Å². The third kappa shape index (κ3) is 3.42. The molecule has 4 heteroatoms. The Morgan fingerprint density at radius 3 is 2.42 bits per heavy atom. The molecule has 1 aromatic carbocycles. The molecule has 3 rings (SSSR count). The SMILES string of the molecule is Cc1ccc(C(=O)C(=O)N2CCCCCC2c2ccc(C)o2)cc1. The van der Waals surface area contributed by atoms with E-state index in [-0.39, 0.29) is 6.04 Å². The summed E-state index contributed by atoms with van der Waals surface area (Å²) in [4.78, 5) is 27.2. The Balaban J connectivity index is 1.86. The number of ketones is 1. The molecule has 0 radical (unpaired) electrons. The van der Waals surface area contributed by atoms with Crippen molar-refractivity contribution in [3.05, 3.63) is 59.0 Å². The molecule has 1 fully saturated rings. The summed E-state index contributed by atoms with van der Waals surface area (Å²) in [5.74, 6) is 0.732. The average molecular weight is 325 g/mol. The summed E-state index contributed by atoms with van der Waals surface area (Å²) in [5.41, 5.74) is 1.52. The number of likely N-dealkylation sites (tertiary alicyclic amines) is 1. The van der Waals surface area contributed by atoms with Crippen molar-refractivity contribution in [2.45, 2.75) is 45.6 Å². The van der Waals surface area contributed by atoms with E-state index < -0.39 is 11.7 Å². The number of aryl methyl sites for hydroxylation is 2. The van der Waals surface area contributed by atoms with Gasteiger partial charge >= 0.3 is 0 Å². The molecule has 1 aromatic heterocycles. The zero-order valence-corrected chi connectivity index (χ0v) is 14.2. The van der Waals surface area contributed by atoms with Crippen LogP contribution in [0.3, 0.4) is 0 Å². The summed E-state index contributed by atoms with van der Waals surface area (Å²) >= 11 is 0. The first-order valence-corrected chi connectivity index (χ1v) is 8.54. The van der Waals surface area contributed by atoms with Gasteiger partial charge in [-0.15, -0.1) is 0 Å². The van der Waals surface area contributed by atoms with Crippen LogP contribution in [0.5, 0.6) is 0 Å². The summed E-state index contributed by atoms with van der Waals surface area (Å²) in [6, 6.07) is 10.8.